The van der Waals surface area contributed by atoms with Crippen LogP contribution >= 0.6 is 0 Å². The first-order valence-corrected chi connectivity index (χ1v) is 7.57. The largest absolute Gasteiger partial charge is 0.338 e. The van der Waals surface area contributed by atoms with E-state index in [1.807, 2.05) is 31.3 Å². The van der Waals surface area contributed by atoms with Crippen molar-refractivity contribution >= 4 is 22.5 Å². The Balaban J connectivity index is 1.92. The Morgan fingerprint density at radius 3 is 2.74 bits per heavy atom. The fourth-order valence-electron chi connectivity index (χ4n) is 2.55. The van der Waals surface area contributed by atoms with E-state index in [0.717, 1.165) is 22.0 Å². The Kier molecular flexibility index (Phi) is 4.47. The van der Waals surface area contributed by atoms with E-state index < -0.39 is 0 Å². The zero-order valence-corrected chi connectivity index (χ0v) is 12.9. The van der Waals surface area contributed by atoms with Gasteiger partial charge in [0.2, 0.25) is 0 Å². The normalized spacial score (nSPS) is 10.5. The molecule has 1 aromatic carbocycles. The second-order valence-electron chi connectivity index (χ2n) is 5.21. The number of urea groups is 1. The molecule has 2 aromatic heterocycles. The summed E-state index contributed by atoms with van der Waals surface area (Å²) >= 11 is 0. The van der Waals surface area contributed by atoms with Gasteiger partial charge in [0.1, 0.15) is 0 Å². The number of hydrogen-bond acceptors (Lipinski definition) is 3. The van der Waals surface area contributed by atoms with Gasteiger partial charge in [-0.05, 0) is 35.6 Å². The molecule has 0 radical (unpaired) electrons. The molecule has 0 aliphatic heterocycles. The number of benzene rings is 1. The predicted octanol–water partition coefficient (Wildman–Crippen LogP) is 3.36. The minimum absolute atomic E-state index is 0.221. The van der Waals surface area contributed by atoms with Gasteiger partial charge in [0.15, 0.2) is 0 Å². The lowest BCUT2D eigenvalue weighted by molar-refractivity contribution is 0.252. The Hall–Kier alpha value is -2.95. The number of fused-ring (bicyclic) bond motifs is 1. The maximum absolute atomic E-state index is 11.8. The van der Waals surface area contributed by atoms with Crippen molar-refractivity contribution in [2.24, 2.45) is 0 Å². The van der Waals surface area contributed by atoms with E-state index in [1.165, 1.54) is 5.56 Å². The number of hydrogen-bond donors (Lipinski definition) is 2. The minimum Gasteiger partial charge on any atom is -0.338 e. The molecule has 0 aliphatic carbocycles. The minimum atomic E-state index is -0.221. The highest BCUT2D eigenvalue weighted by Gasteiger charge is 2.09. The first-order valence-electron chi connectivity index (χ1n) is 7.57. The predicted molar refractivity (Wildman–Crippen MR) is 91.5 cm³/mol. The standard InChI is InChI=1S/C18H18N4O/c1-2-21-18(23)22-17-12-20-9-7-15(17)10-14-5-3-4-13-6-8-19-11-16(13)14/h3-9,11-12H,2,10H2,1H3,(H2,21,22,23). The third-order valence-corrected chi connectivity index (χ3v) is 3.65. The number of pyridine rings is 2. The average molecular weight is 306 g/mol. The molecule has 0 saturated heterocycles. The van der Waals surface area contributed by atoms with Crippen molar-refractivity contribution < 1.29 is 4.79 Å². The lowest BCUT2D eigenvalue weighted by atomic mass is 9.99. The van der Waals surface area contributed by atoms with Gasteiger partial charge >= 0.3 is 6.03 Å². The molecule has 0 unspecified atom stereocenters. The van der Waals surface area contributed by atoms with Gasteiger partial charge in [-0.25, -0.2) is 4.79 Å². The molecule has 3 aromatic rings. The molecule has 2 heterocycles. The fraction of sp³-hybridized carbons (Fsp3) is 0.167. The van der Waals surface area contributed by atoms with Gasteiger partial charge in [0.05, 0.1) is 11.9 Å². The average Bonchev–Trinajstić information content (AvgIpc) is 2.57. The maximum Gasteiger partial charge on any atom is 0.319 e. The molecule has 5 heteroatoms. The van der Waals surface area contributed by atoms with Crippen molar-refractivity contribution in [2.75, 3.05) is 11.9 Å². The zero-order chi connectivity index (χ0) is 16.1. The monoisotopic (exact) mass is 306 g/mol. The second kappa shape index (κ2) is 6.87. The maximum atomic E-state index is 11.8. The SMILES string of the molecule is CCNC(=O)Nc1cnccc1Cc1cccc2ccncc12. The zero-order valence-electron chi connectivity index (χ0n) is 12.9. The van der Waals surface area contributed by atoms with Crippen LogP contribution in [0.2, 0.25) is 0 Å². The summed E-state index contributed by atoms with van der Waals surface area (Å²) < 4.78 is 0. The summed E-state index contributed by atoms with van der Waals surface area (Å²) in [6, 6.07) is 9.90. The van der Waals surface area contributed by atoms with Crippen LogP contribution in [0.25, 0.3) is 10.8 Å². The van der Waals surface area contributed by atoms with Crippen molar-refractivity contribution in [1.82, 2.24) is 15.3 Å². The number of anilines is 1. The summed E-state index contributed by atoms with van der Waals surface area (Å²) in [5.74, 6) is 0. The quantitative estimate of drug-likeness (QED) is 0.776. The van der Waals surface area contributed by atoms with Crippen LogP contribution in [0.15, 0.2) is 55.1 Å². The molecule has 116 valence electrons. The number of carbonyl (C=O) groups is 1. The first kappa shape index (κ1) is 15.0. The van der Waals surface area contributed by atoms with Crippen LogP contribution in [0.1, 0.15) is 18.1 Å². The van der Waals surface area contributed by atoms with Crippen LogP contribution in [-0.2, 0) is 6.42 Å². The number of rotatable bonds is 4. The molecular weight excluding hydrogens is 288 g/mol. The highest BCUT2D eigenvalue weighted by Crippen LogP contribution is 2.23. The molecule has 23 heavy (non-hydrogen) atoms. The van der Waals surface area contributed by atoms with E-state index in [-0.39, 0.29) is 6.03 Å². The Morgan fingerprint density at radius 1 is 1.04 bits per heavy atom. The molecule has 2 N–H and O–H groups in total. The lowest BCUT2D eigenvalue weighted by Crippen LogP contribution is -2.28. The number of aromatic nitrogens is 2. The highest BCUT2D eigenvalue weighted by atomic mass is 16.2. The van der Waals surface area contributed by atoms with E-state index in [4.69, 9.17) is 0 Å². The van der Waals surface area contributed by atoms with Crippen molar-refractivity contribution in [3.05, 3.63) is 66.2 Å². The van der Waals surface area contributed by atoms with Crippen molar-refractivity contribution in [1.29, 1.82) is 0 Å². The van der Waals surface area contributed by atoms with Gasteiger partial charge in [-0.15, -0.1) is 0 Å². The smallest absolute Gasteiger partial charge is 0.319 e. The van der Waals surface area contributed by atoms with Gasteiger partial charge in [-0.2, -0.15) is 0 Å². The molecule has 0 aliphatic rings. The molecule has 0 spiro atoms. The summed E-state index contributed by atoms with van der Waals surface area (Å²) in [4.78, 5) is 20.1. The third-order valence-electron chi connectivity index (χ3n) is 3.65. The summed E-state index contributed by atoms with van der Waals surface area (Å²) in [6.07, 6.45) is 7.78. The van der Waals surface area contributed by atoms with Gasteiger partial charge in [-0.3, -0.25) is 9.97 Å². The van der Waals surface area contributed by atoms with E-state index in [1.54, 1.807) is 18.6 Å². The van der Waals surface area contributed by atoms with Crippen LogP contribution < -0.4 is 10.6 Å². The van der Waals surface area contributed by atoms with Gasteiger partial charge in [0.25, 0.3) is 0 Å². The van der Waals surface area contributed by atoms with Crippen LogP contribution in [0.3, 0.4) is 0 Å². The van der Waals surface area contributed by atoms with E-state index in [9.17, 15) is 4.79 Å². The van der Waals surface area contributed by atoms with Crippen molar-refractivity contribution in [2.45, 2.75) is 13.3 Å². The number of nitrogens with one attached hydrogen (secondary N) is 2. The Labute approximate surface area is 134 Å². The number of carbonyl (C=O) groups excluding carboxylic acids is 1. The summed E-state index contributed by atoms with van der Waals surface area (Å²) in [5.41, 5.74) is 2.91. The summed E-state index contributed by atoms with van der Waals surface area (Å²) in [6.45, 7) is 2.46. The van der Waals surface area contributed by atoms with Crippen LogP contribution in [0.4, 0.5) is 10.5 Å². The van der Waals surface area contributed by atoms with Crippen molar-refractivity contribution in [3.8, 4) is 0 Å². The van der Waals surface area contributed by atoms with E-state index >= 15 is 0 Å². The molecule has 3 rings (SSSR count). The van der Waals surface area contributed by atoms with Crippen LogP contribution in [0.5, 0.6) is 0 Å². The van der Waals surface area contributed by atoms with Crippen molar-refractivity contribution in [3.63, 3.8) is 0 Å². The lowest BCUT2D eigenvalue weighted by Gasteiger charge is -2.12. The molecule has 0 fully saturated rings. The fourth-order valence-corrected chi connectivity index (χ4v) is 2.55. The summed E-state index contributed by atoms with van der Waals surface area (Å²) in [7, 11) is 0. The highest BCUT2D eigenvalue weighted by molar-refractivity contribution is 5.90. The first-order chi connectivity index (χ1) is 11.3. The topological polar surface area (TPSA) is 66.9 Å². The number of amides is 2. The third kappa shape index (κ3) is 3.45. The molecule has 5 nitrogen and oxygen atoms in total. The molecule has 2 amide bonds. The molecule has 0 atom stereocenters. The second-order valence-corrected chi connectivity index (χ2v) is 5.21. The van der Waals surface area contributed by atoms with E-state index in [0.29, 0.717) is 13.0 Å². The molecular formula is C18H18N4O. The Morgan fingerprint density at radius 2 is 1.87 bits per heavy atom. The van der Waals surface area contributed by atoms with Gasteiger partial charge in [0, 0.05) is 36.9 Å². The van der Waals surface area contributed by atoms with Crippen LogP contribution in [-0.4, -0.2) is 22.5 Å². The van der Waals surface area contributed by atoms with Crippen LogP contribution in [0, 0.1) is 0 Å². The van der Waals surface area contributed by atoms with E-state index in [2.05, 4.69) is 32.7 Å². The Bertz CT molecular complexity index is 827. The van der Waals surface area contributed by atoms with Gasteiger partial charge in [-0.1, -0.05) is 18.2 Å². The molecule has 0 saturated carbocycles. The molecule has 0 bridgehead atoms. The van der Waals surface area contributed by atoms with Gasteiger partial charge < -0.3 is 10.6 Å². The summed E-state index contributed by atoms with van der Waals surface area (Å²) in [5, 5.41) is 7.86. The number of nitrogens with zero attached hydrogens (tertiary/aromatic N) is 2.